The van der Waals surface area contributed by atoms with E-state index in [0.29, 0.717) is 13.0 Å². The van der Waals surface area contributed by atoms with E-state index >= 15 is 0 Å². The molecule has 0 aliphatic carbocycles. The number of aliphatic carboxylic acids is 1. The Morgan fingerprint density at radius 3 is 2.56 bits per heavy atom. The highest BCUT2D eigenvalue weighted by Crippen LogP contribution is 2.19. The number of nitrogens with zero attached hydrogens (tertiary/aromatic N) is 1. The Morgan fingerprint density at radius 2 is 2.11 bits per heavy atom. The van der Waals surface area contributed by atoms with Gasteiger partial charge >= 0.3 is 5.97 Å². The Balaban J connectivity index is 2.58. The molecule has 1 saturated heterocycles. The van der Waals surface area contributed by atoms with Crippen LogP contribution in [0.3, 0.4) is 0 Å². The maximum Gasteiger partial charge on any atom is 0.305 e. The third-order valence-corrected chi connectivity index (χ3v) is 2.98. The van der Waals surface area contributed by atoms with Crippen molar-refractivity contribution in [2.24, 2.45) is 5.92 Å². The number of amides is 2. The normalized spacial score (nSPS) is 17.1. The monoisotopic (exact) mass is 256 g/mol. The molecule has 0 aromatic rings. The minimum absolute atomic E-state index is 0.00193. The maximum atomic E-state index is 12.0. The molecule has 1 aliphatic rings. The molecule has 2 amide bonds. The van der Waals surface area contributed by atoms with Gasteiger partial charge in [0.05, 0.1) is 6.42 Å². The van der Waals surface area contributed by atoms with E-state index in [-0.39, 0.29) is 30.7 Å². The molecule has 0 aromatic carbocycles. The molecule has 0 radical (unpaired) electrons. The van der Waals surface area contributed by atoms with Crippen molar-refractivity contribution < 1.29 is 19.5 Å². The minimum Gasteiger partial charge on any atom is -0.481 e. The van der Waals surface area contributed by atoms with Gasteiger partial charge in [0.15, 0.2) is 0 Å². The summed E-state index contributed by atoms with van der Waals surface area (Å²) in [5.41, 5.74) is 0. The van der Waals surface area contributed by atoms with Gasteiger partial charge in [0.25, 0.3) is 0 Å². The van der Waals surface area contributed by atoms with Crippen LogP contribution in [0.1, 0.15) is 33.1 Å². The average Bonchev–Trinajstić information content (AvgIpc) is 2.64. The van der Waals surface area contributed by atoms with Crippen molar-refractivity contribution in [3.63, 3.8) is 0 Å². The second kappa shape index (κ2) is 6.37. The highest BCUT2D eigenvalue weighted by Gasteiger charge is 2.34. The van der Waals surface area contributed by atoms with Crippen LogP contribution in [-0.4, -0.2) is 46.9 Å². The van der Waals surface area contributed by atoms with Gasteiger partial charge in [-0.15, -0.1) is 0 Å². The van der Waals surface area contributed by atoms with Crippen LogP contribution in [0, 0.1) is 5.92 Å². The Kier molecular flexibility index (Phi) is 5.12. The fraction of sp³-hybridized carbons (Fsp3) is 0.750. The zero-order valence-electron chi connectivity index (χ0n) is 10.8. The van der Waals surface area contributed by atoms with Gasteiger partial charge in [0, 0.05) is 19.5 Å². The van der Waals surface area contributed by atoms with E-state index in [0.717, 1.165) is 6.42 Å². The molecule has 0 unspecified atom stereocenters. The van der Waals surface area contributed by atoms with E-state index in [1.165, 1.54) is 0 Å². The molecule has 2 N–H and O–H groups in total. The first kappa shape index (κ1) is 14.5. The van der Waals surface area contributed by atoms with Gasteiger partial charge in [0.2, 0.25) is 11.8 Å². The molecule has 1 atom stereocenters. The summed E-state index contributed by atoms with van der Waals surface area (Å²) in [7, 11) is 0. The van der Waals surface area contributed by atoms with Crippen molar-refractivity contribution in [1.29, 1.82) is 0 Å². The summed E-state index contributed by atoms with van der Waals surface area (Å²) in [4.78, 5) is 35.6. The van der Waals surface area contributed by atoms with Gasteiger partial charge in [0.1, 0.15) is 6.04 Å². The van der Waals surface area contributed by atoms with Crippen LogP contribution in [-0.2, 0) is 14.4 Å². The van der Waals surface area contributed by atoms with Crippen molar-refractivity contribution in [3.8, 4) is 0 Å². The summed E-state index contributed by atoms with van der Waals surface area (Å²) in [6.45, 7) is 4.47. The quantitative estimate of drug-likeness (QED) is 0.712. The summed E-state index contributed by atoms with van der Waals surface area (Å²) in [6.07, 6.45) is 1.17. The summed E-state index contributed by atoms with van der Waals surface area (Å²) in [5, 5.41) is 11.1. The molecular weight excluding hydrogens is 236 g/mol. The van der Waals surface area contributed by atoms with Crippen LogP contribution in [0.25, 0.3) is 0 Å². The SMILES string of the molecule is CC(C)[C@H](C(=O)NCCC(=O)O)N1CCCC1=O. The summed E-state index contributed by atoms with van der Waals surface area (Å²) in [6, 6.07) is -0.492. The van der Waals surface area contributed by atoms with E-state index in [2.05, 4.69) is 5.32 Å². The molecule has 102 valence electrons. The van der Waals surface area contributed by atoms with Crippen molar-refractivity contribution >= 4 is 17.8 Å². The number of hydrogen-bond donors (Lipinski definition) is 2. The van der Waals surface area contributed by atoms with Crippen LogP contribution in [0.2, 0.25) is 0 Å². The highest BCUT2D eigenvalue weighted by molar-refractivity contribution is 5.89. The zero-order chi connectivity index (χ0) is 13.7. The number of nitrogens with one attached hydrogen (secondary N) is 1. The number of hydrogen-bond acceptors (Lipinski definition) is 3. The predicted molar refractivity (Wildman–Crippen MR) is 64.8 cm³/mol. The van der Waals surface area contributed by atoms with Gasteiger partial charge in [-0.1, -0.05) is 13.8 Å². The van der Waals surface area contributed by atoms with Crippen molar-refractivity contribution in [3.05, 3.63) is 0 Å². The number of carbonyl (C=O) groups is 3. The lowest BCUT2D eigenvalue weighted by Gasteiger charge is -2.29. The smallest absolute Gasteiger partial charge is 0.305 e. The largest absolute Gasteiger partial charge is 0.481 e. The third-order valence-electron chi connectivity index (χ3n) is 2.98. The summed E-state index contributed by atoms with van der Waals surface area (Å²) in [5.74, 6) is -1.20. The van der Waals surface area contributed by atoms with Crippen LogP contribution in [0.5, 0.6) is 0 Å². The molecule has 6 heteroatoms. The predicted octanol–water partition coefficient (Wildman–Crippen LogP) is 0.224. The number of carboxylic acids is 1. The van der Waals surface area contributed by atoms with E-state index in [4.69, 9.17) is 5.11 Å². The average molecular weight is 256 g/mol. The molecule has 1 rings (SSSR count). The van der Waals surface area contributed by atoms with Gasteiger partial charge in [-0.2, -0.15) is 0 Å². The molecule has 1 aliphatic heterocycles. The Morgan fingerprint density at radius 1 is 1.44 bits per heavy atom. The Hall–Kier alpha value is -1.59. The van der Waals surface area contributed by atoms with Crippen LogP contribution in [0.4, 0.5) is 0 Å². The van der Waals surface area contributed by atoms with Gasteiger partial charge < -0.3 is 15.3 Å². The van der Waals surface area contributed by atoms with Crippen molar-refractivity contribution in [2.75, 3.05) is 13.1 Å². The van der Waals surface area contributed by atoms with Crippen molar-refractivity contribution in [1.82, 2.24) is 10.2 Å². The highest BCUT2D eigenvalue weighted by atomic mass is 16.4. The summed E-state index contributed by atoms with van der Waals surface area (Å²) < 4.78 is 0. The first-order valence-corrected chi connectivity index (χ1v) is 6.22. The molecule has 0 saturated carbocycles. The molecule has 0 bridgehead atoms. The lowest BCUT2D eigenvalue weighted by Crippen LogP contribution is -2.50. The van der Waals surface area contributed by atoms with Crippen molar-refractivity contribution in [2.45, 2.75) is 39.2 Å². The second-order valence-electron chi connectivity index (χ2n) is 4.81. The lowest BCUT2D eigenvalue weighted by molar-refractivity contribution is -0.140. The van der Waals surface area contributed by atoms with E-state index in [1.807, 2.05) is 13.8 Å². The number of carboxylic acid groups (broad SMARTS) is 1. The zero-order valence-corrected chi connectivity index (χ0v) is 10.8. The third kappa shape index (κ3) is 3.72. The molecule has 18 heavy (non-hydrogen) atoms. The maximum absolute atomic E-state index is 12.0. The fourth-order valence-electron chi connectivity index (χ4n) is 2.16. The first-order valence-electron chi connectivity index (χ1n) is 6.22. The Bertz CT molecular complexity index is 341. The van der Waals surface area contributed by atoms with Gasteiger partial charge in [-0.05, 0) is 12.3 Å². The Labute approximate surface area is 106 Å². The minimum atomic E-state index is -0.950. The molecule has 6 nitrogen and oxygen atoms in total. The second-order valence-corrected chi connectivity index (χ2v) is 4.81. The van der Waals surface area contributed by atoms with Crippen LogP contribution >= 0.6 is 0 Å². The van der Waals surface area contributed by atoms with E-state index < -0.39 is 12.0 Å². The number of likely N-dealkylation sites (tertiary alicyclic amines) is 1. The molecule has 1 fully saturated rings. The van der Waals surface area contributed by atoms with Crippen LogP contribution in [0.15, 0.2) is 0 Å². The molecule has 0 spiro atoms. The number of carbonyl (C=O) groups excluding carboxylic acids is 2. The first-order chi connectivity index (χ1) is 8.43. The summed E-state index contributed by atoms with van der Waals surface area (Å²) >= 11 is 0. The number of rotatable bonds is 6. The fourth-order valence-corrected chi connectivity index (χ4v) is 2.16. The molecule has 1 heterocycles. The van der Waals surface area contributed by atoms with E-state index in [1.54, 1.807) is 4.90 Å². The van der Waals surface area contributed by atoms with Gasteiger partial charge in [-0.25, -0.2) is 0 Å². The van der Waals surface area contributed by atoms with Gasteiger partial charge in [-0.3, -0.25) is 14.4 Å². The standard InChI is InChI=1S/C12H20N2O4/c1-8(2)11(14-7-3-4-9(14)15)12(18)13-6-5-10(16)17/h8,11H,3-7H2,1-2H3,(H,13,18)(H,16,17)/t11-/m1/s1. The van der Waals surface area contributed by atoms with Crippen LogP contribution < -0.4 is 5.32 Å². The molecule has 0 aromatic heterocycles. The van der Waals surface area contributed by atoms with E-state index in [9.17, 15) is 14.4 Å². The molecular formula is C12H20N2O4. The lowest BCUT2D eigenvalue weighted by atomic mass is 10.0. The topological polar surface area (TPSA) is 86.7 Å².